The molecule has 8 heteroatoms. The van der Waals surface area contributed by atoms with Crippen LogP contribution < -0.4 is 10.6 Å². The number of carbonyl (C=O) groups excluding carboxylic acids is 3. The summed E-state index contributed by atoms with van der Waals surface area (Å²) in [5.41, 5.74) is 1.59. The Labute approximate surface area is 157 Å². The second-order valence-corrected chi connectivity index (χ2v) is 6.89. The Morgan fingerprint density at radius 2 is 1.88 bits per heavy atom. The largest absolute Gasteiger partial charge is 0.322 e. The number of nitrogens with one attached hydrogen (secondary N) is 2. The lowest BCUT2D eigenvalue weighted by Gasteiger charge is -2.07. The molecule has 0 spiro atoms. The van der Waals surface area contributed by atoms with Crippen molar-refractivity contribution in [3.8, 4) is 0 Å². The average molecular weight is 393 g/mol. The molecule has 0 bridgehead atoms. The van der Waals surface area contributed by atoms with Gasteiger partial charge < -0.3 is 5.32 Å². The van der Waals surface area contributed by atoms with Gasteiger partial charge in [0.1, 0.15) is 0 Å². The Bertz CT molecular complexity index is 928. The number of halogens is 2. The summed E-state index contributed by atoms with van der Waals surface area (Å²) in [6.07, 6.45) is 1.58. The summed E-state index contributed by atoms with van der Waals surface area (Å²) in [7, 11) is 0. The normalized spacial score (nSPS) is 15.4. The summed E-state index contributed by atoms with van der Waals surface area (Å²) in [6.45, 7) is 0. The van der Waals surface area contributed by atoms with Gasteiger partial charge in [-0.3, -0.25) is 19.7 Å². The molecule has 126 valence electrons. The lowest BCUT2D eigenvalue weighted by molar-refractivity contribution is -0.115. The summed E-state index contributed by atoms with van der Waals surface area (Å²) in [6, 6.07) is 11.5. The fraction of sp³-hybridized carbons (Fsp3) is 0. The van der Waals surface area contributed by atoms with Crippen molar-refractivity contribution in [2.24, 2.45) is 0 Å². The van der Waals surface area contributed by atoms with Crippen LogP contribution in [0.1, 0.15) is 15.9 Å². The van der Waals surface area contributed by atoms with Crippen molar-refractivity contribution in [2.75, 3.05) is 5.32 Å². The lowest BCUT2D eigenvalue weighted by Crippen LogP contribution is -2.17. The van der Waals surface area contributed by atoms with Gasteiger partial charge in [-0.2, -0.15) is 0 Å². The van der Waals surface area contributed by atoms with Crippen LogP contribution in [0.4, 0.5) is 10.5 Å². The predicted octanol–water partition coefficient (Wildman–Crippen LogP) is 4.57. The molecule has 2 N–H and O–H groups in total. The molecule has 0 atom stereocenters. The van der Waals surface area contributed by atoms with Gasteiger partial charge in [0, 0.05) is 11.3 Å². The first-order valence-electron chi connectivity index (χ1n) is 7.04. The first-order valence-corrected chi connectivity index (χ1v) is 8.61. The molecule has 0 aliphatic carbocycles. The lowest BCUT2D eigenvalue weighted by atomic mass is 10.1. The van der Waals surface area contributed by atoms with Crippen molar-refractivity contribution < 1.29 is 14.4 Å². The molecule has 1 aliphatic rings. The van der Waals surface area contributed by atoms with Crippen LogP contribution in [-0.2, 0) is 4.79 Å². The molecule has 0 unspecified atom stereocenters. The fourth-order valence-corrected chi connectivity index (χ4v) is 3.10. The molecule has 2 aromatic carbocycles. The fourth-order valence-electron chi connectivity index (χ4n) is 2.12. The smallest absolute Gasteiger partial charge is 0.290 e. The molecule has 3 amide bonds. The zero-order valence-electron chi connectivity index (χ0n) is 12.5. The summed E-state index contributed by atoms with van der Waals surface area (Å²) in [5.74, 6) is -0.772. The van der Waals surface area contributed by atoms with Crippen molar-refractivity contribution in [3.05, 3.63) is 68.5 Å². The van der Waals surface area contributed by atoms with Crippen LogP contribution in [0.5, 0.6) is 0 Å². The molecule has 1 aliphatic heterocycles. The Kier molecular flexibility index (Phi) is 5.13. The summed E-state index contributed by atoms with van der Waals surface area (Å²) in [5, 5.41) is 5.19. The van der Waals surface area contributed by atoms with Gasteiger partial charge in [-0.1, -0.05) is 35.3 Å². The molecule has 5 nitrogen and oxygen atoms in total. The molecule has 0 radical (unpaired) electrons. The van der Waals surface area contributed by atoms with Gasteiger partial charge >= 0.3 is 0 Å². The number of hydrogen-bond acceptors (Lipinski definition) is 4. The molecule has 1 heterocycles. The van der Waals surface area contributed by atoms with E-state index < -0.39 is 11.1 Å². The van der Waals surface area contributed by atoms with Crippen LogP contribution in [-0.4, -0.2) is 17.1 Å². The Hall–Kier alpha value is -2.28. The maximum atomic E-state index is 12.3. The molecule has 25 heavy (non-hydrogen) atoms. The molecule has 0 saturated carbocycles. The number of thioether (sulfide) groups is 1. The predicted molar refractivity (Wildman–Crippen MR) is 100.0 cm³/mol. The summed E-state index contributed by atoms with van der Waals surface area (Å²) < 4.78 is 0. The first kappa shape index (κ1) is 17.5. The molecular weight excluding hydrogens is 383 g/mol. The van der Waals surface area contributed by atoms with E-state index in [2.05, 4.69) is 10.6 Å². The number of amides is 3. The Balaban J connectivity index is 1.79. The number of imide groups is 1. The van der Waals surface area contributed by atoms with Gasteiger partial charge in [0.25, 0.3) is 17.1 Å². The SMILES string of the molecule is O=C1NC(=O)/C(=C/c2cccc(NC(=O)c3ccc(Cl)c(Cl)c3)c2)S1. The number of benzene rings is 2. The van der Waals surface area contributed by atoms with Gasteiger partial charge in [0.15, 0.2) is 0 Å². The van der Waals surface area contributed by atoms with E-state index in [0.29, 0.717) is 31.8 Å². The number of carbonyl (C=O) groups is 3. The third-order valence-electron chi connectivity index (χ3n) is 3.27. The number of rotatable bonds is 3. The van der Waals surface area contributed by atoms with E-state index in [1.807, 2.05) is 0 Å². The van der Waals surface area contributed by atoms with Crippen molar-refractivity contribution in [1.29, 1.82) is 0 Å². The van der Waals surface area contributed by atoms with Crippen LogP contribution in [0, 0.1) is 0 Å². The zero-order valence-corrected chi connectivity index (χ0v) is 14.8. The molecule has 1 saturated heterocycles. The highest BCUT2D eigenvalue weighted by Gasteiger charge is 2.24. The van der Waals surface area contributed by atoms with Crippen LogP contribution in [0.25, 0.3) is 6.08 Å². The minimum Gasteiger partial charge on any atom is -0.322 e. The van der Waals surface area contributed by atoms with Crippen LogP contribution in [0.2, 0.25) is 10.0 Å². The van der Waals surface area contributed by atoms with Crippen molar-refractivity contribution in [2.45, 2.75) is 0 Å². The highest BCUT2D eigenvalue weighted by Crippen LogP contribution is 2.27. The van der Waals surface area contributed by atoms with Crippen LogP contribution in [0.3, 0.4) is 0 Å². The van der Waals surface area contributed by atoms with Gasteiger partial charge in [0.2, 0.25) is 0 Å². The van der Waals surface area contributed by atoms with Gasteiger partial charge in [0.05, 0.1) is 15.0 Å². The number of hydrogen-bond donors (Lipinski definition) is 2. The molecule has 0 aromatic heterocycles. The topological polar surface area (TPSA) is 75.3 Å². The minimum absolute atomic E-state index is 0.293. The molecule has 2 aromatic rings. The molecule has 1 fully saturated rings. The summed E-state index contributed by atoms with van der Waals surface area (Å²) in [4.78, 5) is 35.4. The first-order chi connectivity index (χ1) is 11.9. The van der Waals surface area contributed by atoms with Crippen molar-refractivity contribution in [1.82, 2.24) is 5.32 Å². The average Bonchev–Trinajstić information content (AvgIpc) is 2.87. The second-order valence-electron chi connectivity index (χ2n) is 5.06. The third kappa shape index (κ3) is 4.22. The van der Waals surface area contributed by atoms with Crippen LogP contribution in [0.15, 0.2) is 47.4 Å². The van der Waals surface area contributed by atoms with E-state index in [4.69, 9.17) is 23.2 Å². The van der Waals surface area contributed by atoms with E-state index >= 15 is 0 Å². The van der Waals surface area contributed by atoms with Gasteiger partial charge in [-0.05, 0) is 53.7 Å². The standard InChI is InChI=1S/C17H10Cl2N2O3S/c18-12-5-4-10(8-13(12)19)15(22)20-11-3-1-2-9(6-11)7-14-16(23)21-17(24)25-14/h1-8H,(H,20,22)(H,21,23,24)/b14-7-. The van der Waals surface area contributed by atoms with Gasteiger partial charge in [-0.15, -0.1) is 0 Å². The Morgan fingerprint density at radius 1 is 1.08 bits per heavy atom. The maximum absolute atomic E-state index is 12.3. The molecular formula is C17H10Cl2N2O3S. The van der Waals surface area contributed by atoms with Crippen molar-refractivity contribution >= 4 is 63.8 Å². The van der Waals surface area contributed by atoms with E-state index in [1.165, 1.54) is 6.07 Å². The van der Waals surface area contributed by atoms with Crippen molar-refractivity contribution in [3.63, 3.8) is 0 Å². The quantitative estimate of drug-likeness (QED) is 0.750. The Morgan fingerprint density at radius 3 is 2.56 bits per heavy atom. The monoisotopic (exact) mass is 392 g/mol. The zero-order chi connectivity index (χ0) is 18.0. The van der Waals surface area contributed by atoms with E-state index in [9.17, 15) is 14.4 Å². The van der Waals surface area contributed by atoms with E-state index in [1.54, 1.807) is 42.5 Å². The third-order valence-corrected chi connectivity index (χ3v) is 4.82. The maximum Gasteiger partial charge on any atom is 0.290 e. The van der Waals surface area contributed by atoms with Crippen LogP contribution >= 0.6 is 35.0 Å². The highest BCUT2D eigenvalue weighted by molar-refractivity contribution is 8.18. The molecule has 3 rings (SSSR count). The van der Waals surface area contributed by atoms with E-state index in [0.717, 1.165) is 11.8 Å². The summed E-state index contributed by atoms with van der Waals surface area (Å²) >= 11 is 12.6. The second kappa shape index (κ2) is 7.31. The van der Waals surface area contributed by atoms with Gasteiger partial charge in [-0.25, -0.2) is 0 Å². The number of anilines is 1. The highest BCUT2D eigenvalue weighted by atomic mass is 35.5. The van der Waals surface area contributed by atoms with E-state index in [-0.39, 0.29) is 5.91 Å². The minimum atomic E-state index is -0.430.